The number of carbonyl (C=O) groups excluding carboxylic acids is 1. The third kappa shape index (κ3) is 3.35. The van der Waals surface area contributed by atoms with Crippen molar-refractivity contribution in [2.75, 3.05) is 6.54 Å². The van der Waals surface area contributed by atoms with Gasteiger partial charge in [0.15, 0.2) is 5.58 Å². The number of nitrogens with one attached hydrogen (secondary N) is 1. The average Bonchev–Trinajstić information content (AvgIpc) is 2.81. The summed E-state index contributed by atoms with van der Waals surface area (Å²) in [5.41, 5.74) is 0.986. The van der Waals surface area contributed by atoms with E-state index in [1.807, 2.05) is 0 Å². The molecule has 0 aliphatic heterocycles. The second-order valence-corrected chi connectivity index (χ2v) is 6.31. The largest absolute Gasteiger partial charge is 0.420 e. The summed E-state index contributed by atoms with van der Waals surface area (Å²) in [5, 5.41) is 3.42. The molecule has 6 heteroatoms. The van der Waals surface area contributed by atoms with E-state index in [1.54, 1.807) is 18.2 Å². The van der Waals surface area contributed by atoms with Crippen molar-refractivity contribution in [3.05, 3.63) is 33.8 Å². The lowest BCUT2D eigenvalue weighted by Crippen LogP contribution is -2.34. The van der Waals surface area contributed by atoms with Crippen LogP contribution in [0.15, 0.2) is 27.4 Å². The van der Waals surface area contributed by atoms with Gasteiger partial charge in [-0.05, 0) is 30.9 Å². The van der Waals surface area contributed by atoms with Crippen LogP contribution in [0.4, 0.5) is 0 Å². The highest BCUT2D eigenvalue weighted by molar-refractivity contribution is 6.31. The molecule has 0 saturated heterocycles. The first-order valence-corrected chi connectivity index (χ1v) is 8.07. The van der Waals surface area contributed by atoms with Crippen molar-refractivity contribution in [1.29, 1.82) is 0 Å². The summed E-state index contributed by atoms with van der Waals surface area (Å²) in [5.74, 6) is -0.135. The maximum atomic E-state index is 12.1. The Balaban J connectivity index is 1.66. The smallest absolute Gasteiger partial charge is 0.408 e. The molecule has 1 heterocycles. The summed E-state index contributed by atoms with van der Waals surface area (Å²) < 4.78 is 6.45. The van der Waals surface area contributed by atoms with Gasteiger partial charge in [0, 0.05) is 17.6 Å². The van der Waals surface area contributed by atoms with Crippen LogP contribution in [0, 0.1) is 5.92 Å². The van der Waals surface area contributed by atoms with Gasteiger partial charge in [0.25, 0.3) is 0 Å². The monoisotopic (exact) mass is 322 g/mol. The molecule has 1 aliphatic carbocycles. The first-order valence-electron chi connectivity index (χ1n) is 7.69. The number of rotatable bonds is 4. The van der Waals surface area contributed by atoms with Crippen LogP contribution >= 0.6 is 11.6 Å². The topological polar surface area (TPSA) is 64.2 Å². The molecule has 1 fully saturated rings. The fraction of sp³-hybridized carbons (Fsp3) is 0.500. The number of oxazole rings is 1. The summed E-state index contributed by atoms with van der Waals surface area (Å²) in [6.45, 7) is 0.662. The number of carbonyl (C=O) groups is 1. The minimum atomic E-state index is -0.537. The van der Waals surface area contributed by atoms with Crippen LogP contribution in [0.5, 0.6) is 0 Å². The Labute approximate surface area is 133 Å². The summed E-state index contributed by atoms with van der Waals surface area (Å²) in [6.07, 6.45) is 6.13. The molecule has 0 unspecified atom stereocenters. The van der Waals surface area contributed by atoms with Gasteiger partial charge in [-0.25, -0.2) is 4.79 Å². The van der Waals surface area contributed by atoms with Crippen LogP contribution in [-0.2, 0) is 11.3 Å². The molecular weight excluding hydrogens is 304 g/mol. The zero-order valence-corrected chi connectivity index (χ0v) is 13.1. The highest BCUT2D eigenvalue weighted by Crippen LogP contribution is 2.22. The molecule has 0 spiro atoms. The Bertz CT molecular complexity index is 729. The molecule has 2 aromatic rings. The van der Waals surface area contributed by atoms with Gasteiger partial charge in [0.05, 0.1) is 5.52 Å². The van der Waals surface area contributed by atoms with Crippen molar-refractivity contribution in [1.82, 2.24) is 9.88 Å². The van der Waals surface area contributed by atoms with Gasteiger partial charge in [-0.3, -0.25) is 9.36 Å². The molecule has 3 rings (SSSR count). The Morgan fingerprint density at radius 3 is 2.86 bits per heavy atom. The van der Waals surface area contributed by atoms with Crippen molar-refractivity contribution in [3.8, 4) is 0 Å². The molecule has 5 nitrogen and oxygen atoms in total. The minimum absolute atomic E-state index is 0.0276. The number of benzene rings is 1. The molecule has 22 heavy (non-hydrogen) atoms. The highest BCUT2D eigenvalue weighted by atomic mass is 35.5. The van der Waals surface area contributed by atoms with Crippen LogP contribution in [0.25, 0.3) is 11.1 Å². The van der Waals surface area contributed by atoms with E-state index in [1.165, 1.54) is 36.7 Å². The molecular formula is C16H19ClN2O3. The van der Waals surface area contributed by atoms with E-state index in [9.17, 15) is 9.59 Å². The van der Waals surface area contributed by atoms with E-state index in [0.717, 1.165) is 0 Å². The van der Waals surface area contributed by atoms with Gasteiger partial charge in [0.2, 0.25) is 5.91 Å². The zero-order valence-electron chi connectivity index (χ0n) is 12.3. The number of nitrogens with zero attached hydrogens (tertiary/aromatic N) is 1. The van der Waals surface area contributed by atoms with Crippen LogP contribution < -0.4 is 11.1 Å². The third-order valence-corrected chi connectivity index (χ3v) is 4.48. The molecule has 0 radical (unpaired) electrons. The maximum absolute atomic E-state index is 12.1. The number of aromatic nitrogens is 1. The van der Waals surface area contributed by atoms with Gasteiger partial charge >= 0.3 is 5.76 Å². The molecule has 1 amide bonds. The lowest BCUT2D eigenvalue weighted by atomic mass is 9.89. The third-order valence-electron chi connectivity index (χ3n) is 4.24. The van der Waals surface area contributed by atoms with Crippen molar-refractivity contribution in [2.24, 2.45) is 5.92 Å². The van der Waals surface area contributed by atoms with E-state index < -0.39 is 5.76 Å². The molecule has 1 saturated carbocycles. The van der Waals surface area contributed by atoms with E-state index in [4.69, 9.17) is 16.0 Å². The normalized spacial score (nSPS) is 16.0. The second-order valence-electron chi connectivity index (χ2n) is 5.87. The lowest BCUT2D eigenvalue weighted by Gasteiger charge is -2.21. The molecule has 1 aromatic carbocycles. The van der Waals surface area contributed by atoms with E-state index in [-0.39, 0.29) is 12.5 Å². The molecule has 1 aromatic heterocycles. The Hall–Kier alpha value is -1.75. The van der Waals surface area contributed by atoms with Gasteiger partial charge in [-0.1, -0.05) is 30.9 Å². The minimum Gasteiger partial charge on any atom is -0.408 e. The molecule has 0 bridgehead atoms. The van der Waals surface area contributed by atoms with Gasteiger partial charge < -0.3 is 9.73 Å². The van der Waals surface area contributed by atoms with Crippen LogP contribution in [-0.4, -0.2) is 17.0 Å². The molecule has 118 valence electrons. The van der Waals surface area contributed by atoms with Crippen molar-refractivity contribution in [2.45, 2.75) is 38.6 Å². The summed E-state index contributed by atoms with van der Waals surface area (Å²) in [7, 11) is 0. The Kier molecular flexibility index (Phi) is 4.52. The van der Waals surface area contributed by atoms with E-state index in [0.29, 0.717) is 28.6 Å². The highest BCUT2D eigenvalue weighted by Gasteiger charge is 2.16. The number of hydrogen-bond acceptors (Lipinski definition) is 3. The molecule has 1 N–H and O–H groups in total. The zero-order chi connectivity index (χ0) is 15.5. The summed E-state index contributed by atoms with van der Waals surface area (Å²) in [4.78, 5) is 23.9. The second kappa shape index (κ2) is 6.57. The lowest BCUT2D eigenvalue weighted by molar-refractivity contribution is -0.121. The number of fused-ring (bicyclic) bond motifs is 1. The van der Waals surface area contributed by atoms with Crippen LogP contribution in [0.1, 0.15) is 32.1 Å². The first kappa shape index (κ1) is 15.2. The molecule has 1 aliphatic rings. The van der Waals surface area contributed by atoms with E-state index >= 15 is 0 Å². The van der Waals surface area contributed by atoms with Crippen molar-refractivity contribution in [3.63, 3.8) is 0 Å². The Morgan fingerprint density at radius 2 is 2.09 bits per heavy atom. The van der Waals surface area contributed by atoms with E-state index in [2.05, 4.69) is 5.32 Å². The number of amides is 1. The number of halogens is 1. The average molecular weight is 323 g/mol. The Morgan fingerprint density at radius 1 is 1.32 bits per heavy atom. The fourth-order valence-corrected chi connectivity index (χ4v) is 3.20. The summed E-state index contributed by atoms with van der Waals surface area (Å²) >= 11 is 5.87. The number of hydrogen-bond donors (Lipinski definition) is 1. The van der Waals surface area contributed by atoms with Gasteiger partial charge in [-0.2, -0.15) is 0 Å². The van der Waals surface area contributed by atoms with Crippen LogP contribution in [0.2, 0.25) is 5.02 Å². The van der Waals surface area contributed by atoms with Crippen molar-refractivity contribution >= 4 is 28.6 Å². The standard InChI is InChI=1S/C16H19ClN2O3/c17-12-6-7-13-14(8-12)22-16(21)19(13)10-15(20)18-9-11-4-2-1-3-5-11/h6-8,11H,1-5,9-10H2,(H,18,20). The first-order chi connectivity index (χ1) is 10.6. The van der Waals surface area contributed by atoms with Gasteiger partial charge in [0.1, 0.15) is 6.54 Å². The predicted molar refractivity (Wildman–Crippen MR) is 85.1 cm³/mol. The SMILES string of the molecule is O=C(Cn1c(=O)oc2cc(Cl)ccc21)NCC1CCCCC1. The quantitative estimate of drug-likeness (QED) is 0.941. The van der Waals surface area contributed by atoms with Crippen molar-refractivity contribution < 1.29 is 9.21 Å². The molecule has 0 atom stereocenters. The maximum Gasteiger partial charge on any atom is 0.420 e. The van der Waals surface area contributed by atoms with Crippen LogP contribution in [0.3, 0.4) is 0 Å². The fourth-order valence-electron chi connectivity index (χ4n) is 3.04. The summed E-state index contributed by atoms with van der Waals surface area (Å²) in [6, 6.07) is 4.95. The van der Waals surface area contributed by atoms with Gasteiger partial charge in [-0.15, -0.1) is 0 Å². The predicted octanol–water partition coefficient (Wildman–Crippen LogP) is 2.94.